The highest BCUT2D eigenvalue weighted by molar-refractivity contribution is 5.18. The predicted molar refractivity (Wildman–Crippen MR) is 30.9 cm³/mol. The Morgan fingerprint density at radius 1 is 1.56 bits per heavy atom. The number of hydrogen-bond acceptors (Lipinski definition) is 2. The highest BCUT2D eigenvalue weighted by Gasteiger charge is 2.61. The second-order valence-corrected chi connectivity index (χ2v) is 3.30. The normalized spacial score (nSPS) is 55.3. The number of nitrogens with one attached hydrogen (secondary N) is 1. The predicted octanol–water partition coefficient (Wildman–Crippen LogP) is -0.177. The van der Waals surface area contributed by atoms with Crippen molar-refractivity contribution in [2.75, 3.05) is 13.2 Å². The Labute approximate surface area is 53.1 Å². The quantitative estimate of drug-likeness (QED) is 0.517. The number of alkyl halides is 1. The Kier molecular flexibility index (Phi) is 0.810. The van der Waals surface area contributed by atoms with Gasteiger partial charge in [0.1, 0.15) is 5.67 Å². The molecular weight excluding hydrogens is 121 g/mol. The summed E-state index contributed by atoms with van der Waals surface area (Å²) in [5.41, 5.74) is -1.20. The number of hydrogen-bond donors (Lipinski definition) is 2. The van der Waals surface area contributed by atoms with Crippen LogP contribution in [-0.4, -0.2) is 29.5 Å². The topological polar surface area (TPSA) is 32.3 Å². The van der Waals surface area contributed by atoms with Gasteiger partial charge in [0.2, 0.25) is 0 Å². The molecule has 2 aliphatic heterocycles. The Hall–Kier alpha value is -0.150. The van der Waals surface area contributed by atoms with Crippen molar-refractivity contribution in [3.05, 3.63) is 0 Å². The molecule has 3 heteroatoms. The van der Waals surface area contributed by atoms with Crippen LogP contribution in [0.1, 0.15) is 12.8 Å². The van der Waals surface area contributed by atoms with Crippen LogP contribution in [0.2, 0.25) is 0 Å². The minimum absolute atomic E-state index is 0.0820. The lowest BCUT2D eigenvalue weighted by Gasteiger charge is -2.39. The van der Waals surface area contributed by atoms with Crippen LogP contribution in [0.15, 0.2) is 0 Å². The summed E-state index contributed by atoms with van der Waals surface area (Å²) in [6.45, 7) is 0.520. The smallest absolute Gasteiger partial charge is 0.127 e. The van der Waals surface area contributed by atoms with Gasteiger partial charge in [-0.3, -0.25) is 0 Å². The van der Waals surface area contributed by atoms with Gasteiger partial charge in [0.15, 0.2) is 0 Å². The molecule has 0 amide bonds. The Balaban J connectivity index is 2.12. The van der Waals surface area contributed by atoms with E-state index in [2.05, 4.69) is 5.32 Å². The van der Waals surface area contributed by atoms with Crippen molar-refractivity contribution in [3.8, 4) is 0 Å². The Morgan fingerprint density at radius 2 is 2.22 bits per heavy atom. The van der Waals surface area contributed by atoms with Crippen molar-refractivity contribution < 1.29 is 9.50 Å². The number of halogens is 1. The van der Waals surface area contributed by atoms with Crippen LogP contribution < -0.4 is 5.32 Å². The van der Waals surface area contributed by atoms with Crippen molar-refractivity contribution in [3.63, 3.8) is 0 Å². The van der Waals surface area contributed by atoms with Crippen LogP contribution in [0, 0.1) is 0 Å². The van der Waals surface area contributed by atoms with Gasteiger partial charge in [0, 0.05) is 24.9 Å². The van der Waals surface area contributed by atoms with E-state index in [-0.39, 0.29) is 12.1 Å². The van der Waals surface area contributed by atoms with Crippen LogP contribution in [0.25, 0.3) is 0 Å². The first-order chi connectivity index (χ1) is 4.18. The van der Waals surface area contributed by atoms with Crippen LogP contribution in [0.4, 0.5) is 4.39 Å². The summed E-state index contributed by atoms with van der Waals surface area (Å²) < 4.78 is 12.9. The maximum atomic E-state index is 12.9. The summed E-state index contributed by atoms with van der Waals surface area (Å²) in [7, 11) is 0. The van der Waals surface area contributed by atoms with E-state index in [1.54, 1.807) is 0 Å². The minimum atomic E-state index is -0.970. The Morgan fingerprint density at radius 3 is 2.44 bits per heavy atom. The van der Waals surface area contributed by atoms with E-state index < -0.39 is 5.67 Å². The van der Waals surface area contributed by atoms with Gasteiger partial charge in [-0.05, 0) is 0 Å². The zero-order chi connectivity index (χ0) is 6.54. The summed E-state index contributed by atoms with van der Waals surface area (Å²) in [6, 6.07) is 0. The van der Waals surface area contributed by atoms with Crippen LogP contribution in [0.5, 0.6) is 0 Å². The van der Waals surface area contributed by atoms with Gasteiger partial charge in [-0.15, -0.1) is 0 Å². The third-order valence-corrected chi connectivity index (χ3v) is 2.39. The van der Waals surface area contributed by atoms with Crippen molar-refractivity contribution >= 4 is 0 Å². The maximum absolute atomic E-state index is 12.9. The molecule has 2 N–H and O–H groups in total. The van der Waals surface area contributed by atoms with Crippen molar-refractivity contribution in [2.45, 2.75) is 24.0 Å². The SMILES string of the molecule is OCC12CC(F)(CN1)C2. The van der Waals surface area contributed by atoms with Gasteiger partial charge in [-0.2, -0.15) is 0 Å². The first-order valence-corrected chi connectivity index (χ1v) is 3.23. The van der Waals surface area contributed by atoms with E-state index in [4.69, 9.17) is 5.11 Å². The summed E-state index contributed by atoms with van der Waals surface area (Å²) in [4.78, 5) is 0. The third kappa shape index (κ3) is 0.563. The van der Waals surface area contributed by atoms with Gasteiger partial charge < -0.3 is 10.4 Å². The lowest BCUT2D eigenvalue weighted by atomic mass is 9.72. The van der Waals surface area contributed by atoms with E-state index >= 15 is 0 Å². The zero-order valence-electron chi connectivity index (χ0n) is 5.15. The van der Waals surface area contributed by atoms with Gasteiger partial charge >= 0.3 is 0 Å². The fourth-order valence-electron chi connectivity index (χ4n) is 1.92. The van der Waals surface area contributed by atoms with Crippen LogP contribution >= 0.6 is 0 Å². The van der Waals surface area contributed by atoms with Crippen molar-refractivity contribution in [1.29, 1.82) is 0 Å². The third-order valence-electron chi connectivity index (χ3n) is 2.39. The summed E-state index contributed by atoms with van der Waals surface area (Å²) in [6.07, 6.45) is 1.02. The second-order valence-electron chi connectivity index (χ2n) is 3.30. The minimum Gasteiger partial charge on any atom is -0.394 e. The molecule has 2 heterocycles. The molecule has 3 rings (SSSR count). The van der Waals surface area contributed by atoms with E-state index in [0.29, 0.717) is 19.4 Å². The second kappa shape index (κ2) is 1.30. The first-order valence-electron chi connectivity index (χ1n) is 3.23. The van der Waals surface area contributed by atoms with E-state index in [1.807, 2.05) is 0 Å². The number of aliphatic hydroxyl groups excluding tert-OH is 1. The summed E-state index contributed by atoms with van der Waals surface area (Å²) in [5, 5.41) is 11.7. The fourth-order valence-corrected chi connectivity index (χ4v) is 1.92. The molecule has 0 radical (unpaired) electrons. The molecule has 2 saturated heterocycles. The molecule has 0 aromatic heterocycles. The molecule has 2 bridgehead atoms. The molecule has 0 aromatic carbocycles. The monoisotopic (exact) mass is 131 g/mol. The number of fused-ring (bicyclic) bond motifs is 1. The average Bonchev–Trinajstić information content (AvgIpc) is 2.20. The van der Waals surface area contributed by atoms with Gasteiger partial charge in [-0.25, -0.2) is 4.39 Å². The molecule has 1 saturated carbocycles. The number of rotatable bonds is 1. The largest absolute Gasteiger partial charge is 0.394 e. The summed E-state index contributed by atoms with van der Waals surface area (Å²) >= 11 is 0. The van der Waals surface area contributed by atoms with E-state index in [1.165, 1.54) is 0 Å². The van der Waals surface area contributed by atoms with E-state index in [0.717, 1.165) is 0 Å². The molecule has 0 aromatic rings. The highest BCUT2D eigenvalue weighted by atomic mass is 19.1. The van der Waals surface area contributed by atoms with Gasteiger partial charge in [0.05, 0.1) is 6.61 Å². The molecule has 0 spiro atoms. The van der Waals surface area contributed by atoms with Crippen molar-refractivity contribution in [1.82, 2.24) is 5.32 Å². The summed E-state index contributed by atoms with van der Waals surface area (Å²) in [5.74, 6) is 0. The Bertz CT molecular complexity index is 142. The van der Waals surface area contributed by atoms with E-state index in [9.17, 15) is 4.39 Å². The van der Waals surface area contributed by atoms with Gasteiger partial charge in [0.25, 0.3) is 0 Å². The fraction of sp³-hybridized carbons (Fsp3) is 1.00. The molecule has 3 fully saturated rings. The lowest BCUT2D eigenvalue weighted by Crippen LogP contribution is -2.51. The zero-order valence-corrected chi connectivity index (χ0v) is 5.15. The van der Waals surface area contributed by atoms with Crippen molar-refractivity contribution in [2.24, 2.45) is 0 Å². The average molecular weight is 131 g/mol. The maximum Gasteiger partial charge on any atom is 0.127 e. The molecule has 9 heavy (non-hydrogen) atoms. The molecule has 0 atom stereocenters. The molecule has 52 valence electrons. The first kappa shape index (κ1) is 5.62. The molecular formula is C6H10FNO. The van der Waals surface area contributed by atoms with Crippen LogP contribution in [0.3, 0.4) is 0 Å². The molecule has 0 unspecified atom stereocenters. The molecule has 3 aliphatic rings. The molecule has 2 nitrogen and oxygen atoms in total. The van der Waals surface area contributed by atoms with Crippen LogP contribution in [-0.2, 0) is 0 Å². The standard InChI is InChI=1S/C6H10FNO/c7-5-1-6(2-5,4-9)8-3-5/h8-9H,1-4H2. The van der Waals surface area contributed by atoms with Gasteiger partial charge in [-0.1, -0.05) is 0 Å². The molecule has 1 aliphatic carbocycles. The number of aliphatic hydroxyl groups is 1. The highest BCUT2D eigenvalue weighted by Crippen LogP contribution is 2.49. The lowest BCUT2D eigenvalue weighted by molar-refractivity contribution is 0.0235.